The van der Waals surface area contributed by atoms with Crippen LogP contribution in [0, 0.1) is 0 Å². The molecule has 0 atom stereocenters. The third-order valence-corrected chi connectivity index (χ3v) is 1.22. The molecule has 0 heterocycles. The summed E-state index contributed by atoms with van der Waals surface area (Å²) in [6, 6.07) is 0. The fraction of sp³-hybridized carbons (Fsp3) is 0.889. The van der Waals surface area contributed by atoms with Crippen molar-refractivity contribution in [2.45, 2.75) is 40.5 Å². The average Bonchev–Trinajstić information content (AvgIpc) is 2.14. The maximum atomic E-state index is 5.11. The predicted octanol–water partition coefficient (Wildman–Crippen LogP) is 2.72. The molecule has 0 saturated carbocycles. The van der Waals surface area contributed by atoms with E-state index in [2.05, 4.69) is 19.2 Å². The summed E-state index contributed by atoms with van der Waals surface area (Å²) in [5.41, 5.74) is 0. The molecular weight excluding hydrogens is 170 g/mol. The molecule has 1 N–H and O–H groups in total. The number of hydrogen-bond donors (Lipinski definition) is 1. The van der Waals surface area contributed by atoms with Gasteiger partial charge in [0, 0.05) is 6.54 Å². The second kappa shape index (κ2) is 13.3. The van der Waals surface area contributed by atoms with Crippen molar-refractivity contribution in [1.29, 1.82) is 0 Å². The van der Waals surface area contributed by atoms with E-state index in [-0.39, 0.29) is 0 Å². The molecule has 12 heavy (non-hydrogen) atoms. The number of ether oxygens (including phenoxy) is 1. The summed E-state index contributed by atoms with van der Waals surface area (Å²) in [4.78, 5) is 0. The van der Waals surface area contributed by atoms with Gasteiger partial charge < -0.3 is 10.1 Å². The van der Waals surface area contributed by atoms with Crippen LogP contribution in [0.4, 0.5) is 0 Å². The standard InChI is InChI=1S/C7H15NOS.C2H6/c1-3-5-8-7(10)9-6-4-2;1-2/h3-6H2,1-2H3,(H,8,10);1-2H3. The molecular formula is C9H21NOS. The quantitative estimate of drug-likeness (QED) is 0.690. The first-order valence-electron chi connectivity index (χ1n) is 4.71. The van der Waals surface area contributed by atoms with Crippen molar-refractivity contribution < 1.29 is 4.74 Å². The van der Waals surface area contributed by atoms with Gasteiger partial charge in [-0.3, -0.25) is 0 Å². The number of nitrogens with one attached hydrogen (secondary N) is 1. The normalized spacial score (nSPS) is 8.00. The van der Waals surface area contributed by atoms with Crippen LogP contribution in [0.1, 0.15) is 40.5 Å². The van der Waals surface area contributed by atoms with E-state index < -0.39 is 0 Å². The van der Waals surface area contributed by atoms with Crippen molar-refractivity contribution in [3.63, 3.8) is 0 Å². The molecule has 0 aliphatic rings. The molecule has 3 heteroatoms. The molecule has 0 unspecified atom stereocenters. The Labute approximate surface area is 81.7 Å². The second-order valence-electron chi connectivity index (χ2n) is 2.06. The largest absolute Gasteiger partial charge is 0.471 e. The van der Waals surface area contributed by atoms with Crippen molar-refractivity contribution in [2.24, 2.45) is 0 Å². The molecule has 0 aromatic rings. The Morgan fingerprint density at radius 1 is 1.25 bits per heavy atom. The molecule has 0 saturated heterocycles. The van der Waals surface area contributed by atoms with Gasteiger partial charge in [0.1, 0.15) is 0 Å². The van der Waals surface area contributed by atoms with Crippen molar-refractivity contribution >= 4 is 17.4 Å². The monoisotopic (exact) mass is 191 g/mol. The van der Waals surface area contributed by atoms with Crippen LogP contribution in [0.25, 0.3) is 0 Å². The summed E-state index contributed by atoms with van der Waals surface area (Å²) in [7, 11) is 0. The van der Waals surface area contributed by atoms with Crippen LogP contribution in [0.5, 0.6) is 0 Å². The van der Waals surface area contributed by atoms with E-state index in [1.807, 2.05) is 13.8 Å². The maximum Gasteiger partial charge on any atom is 0.256 e. The van der Waals surface area contributed by atoms with E-state index in [4.69, 9.17) is 17.0 Å². The van der Waals surface area contributed by atoms with Gasteiger partial charge in [0.05, 0.1) is 6.61 Å². The number of rotatable bonds is 4. The van der Waals surface area contributed by atoms with Crippen molar-refractivity contribution in [3.05, 3.63) is 0 Å². The Morgan fingerprint density at radius 3 is 2.25 bits per heavy atom. The highest BCUT2D eigenvalue weighted by Gasteiger charge is 1.91. The van der Waals surface area contributed by atoms with Crippen LogP contribution in [0.3, 0.4) is 0 Å². The molecule has 0 aliphatic carbocycles. The van der Waals surface area contributed by atoms with Crippen LogP contribution in [0.2, 0.25) is 0 Å². The first kappa shape index (κ1) is 14.2. The summed E-state index contributed by atoms with van der Waals surface area (Å²) >= 11 is 4.85. The summed E-state index contributed by atoms with van der Waals surface area (Å²) in [6.45, 7) is 9.77. The van der Waals surface area contributed by atoms with Gasteiger partial charge in [0.15, 0.2) is 0 Å². The average molecular weight is 191 g/mol. The first-order valence-corrected chi connectivity index (χ1v) is 5.12. The minimum Gasteiger partial charge on any atom is -0.471 e. The summed E-state index contributed by atoms with van der Waals surface area (Å²) < 4.78 is 5.11. The van der Waals surface area contributed by atoms with Crippen molar-refractivity contribution in [3.8, 4) is 0 Å². The van der Waals surface area contributed by atoms with Crippen LogP contribution < -0.4 is 5.32 Å². The molecule has 0 aliphatic heterocycles. The lowest BCUT2D eigenvalue weighted by Crippen LogP contribution is -2.24. The summed E-state index contributed by atoms with van der Waals surface area (Å²) in [5, 5.41) is 3.51. The maximum absolute atomic E-state index is 5.11. The lowest BCUT2D eigenvalue weighted by molar-refractivity contribution is 0.298. The van der Waals surface area contributed by atoms with Crippen LogP contribution >= 0.6 is 12.2 Å². The smallest absolute Gasteiger partial charge is 0.256 e. The minimum atomic E-state index is 0.531. The first-order chi connectivity index (χ1) is 5.81. The molecule has 0 aromatic heterocycles. The number of hydrogen-bond acceptors (Lipinski definition) is 2. The van der Waals surface area contributed by atoms with Crippen molar-refractivity contribution in [1.82, 2.24) is 5.32 Å². The Kier molecular flexibility index (Phi) is 15.8. The van der Waals surface area contributed by atoms with Crippen molar-refractivity contribution in [2.75, 3.05) is 13.2 Å². The number of thiocarbonyl (C=S) groups is 1. The summed E-state index contributed by atoms with van der Waals surface area (Å²) in [5.74, 6) is 0. The van der Waals surface area contributed by atoms with E-state index in [0.29, 0.717) is 5.17 Å². The highest BCUT2D eigenvalue weighted by atomic mass is 32.1. The van der Waals surface area contributed by atoms with Gasteiger partial charge in [-0.2, -0.15) is 0 Å². The Balaban J connectivity index is 0. The highest BCUT2D eigenvalue weighted by molar-refractivity contribution is 7.80. The van der Waals surface area contributed by atoms with E-state index in [9.17, 15) is 0 Å². The lowest BCUT2D eigenvalue weighted by Gasteiger charge is -2.06. The van der Waals surface area contributed by atoms with Crippen LogP contribution in [-0.4, -0.2) is 18.3 Å². The Hall–Kier alpha value is -0.310. The second-order valence-corrected chi connectivity index (χ2v) is 2.43. The van der Waals surface area contributed by atoms with Gasteiger partial charge in [-0.05, 0) is 25.1 Å². The molecule has 0 radical (unpaired) electrons. The molecule has 0 aromatic carbocycles. The zero-order chi connectivity index (χ0) is 9.82. The molecule has 0 amide bonds. The molecule has 0 fully saturated rings. The van der Waals surface area contributed by atoms with Gasteiger partial charge in [0.2, 0.25) is 0 Å². The molecule has 0 rings (SSSR count). The van der Waals surface area contributed by atoms with Gasteiger partial charge in [-0.15, -0.1) is 0 Å². The zero-order valence-electron chi connectivity index (χ0n) is 8.64. The third kappa shape index (κ3) is 12.4. The molecule has 74 valence electrons. The topological polar surface area (TPSA) is 21.3 Å². The highest BCUT2D eigenvalue weighted by Crippen LogP contribution is 1.82. The molecule has 0 bridgehead atoms. The molecule has 2 nitrogen and oxygen atoms in total. The van der Waals surface area contributed by atoms with E-state index in [1.54, 1.807) is 0 Å². The van der Waals surface area contributed by atoms with Gasteiger partial charge in [0.25, 0.3) is 5.17 Å². The summed E-state index contributed by atoms with van der Waals surface area (Å²) in [6.07, 6.45) is 2.09. The minimum absolute atomic E-state index is 0.531. The molecule has 0 spiro atoms. The predicted molar refractivity (Wildman–Crippen MR) is 58.5 cm³/mol. The lowest BCUT2D eigenvalue weighted by atomic mass is 10.5. The van der Waals surface area contributed by atoms with E-state index in [1.165, 1.54) is 0 Å². The van der Waals surface area contributed by atoms with Gasteiger partial charge in [-0.25, -0.2) is 0 Å². The van der Waals surface area contributed by atoms with E-state index >= 15 is 0 Å². The van der Waals surface area contributed by atoms with Gasteiger partial charge >= 0.3 is 0 Å². The Morgan fingerprint density at radius 2 is 1.83 bits per heavy atom. The van der Waals surface area contributed by atoms with E-state index in [0.717, 1.165) is 26.0 Å². The third-order valence-electron chi connectivity index (χ3n) is 0.957. The Bertz CT molecular complexity index is 86.5. The van der Waals surface area contributed by atoms with Gasteiger partial charge in [-0.1, -0.05) is 27.7 Å². The fourth-order valence-electron chi connectivity index (χ4n) is 0.473. The van der Waals surface area contributed by atoms with Crippen LogP contribution in [0.15, 0.2) is 0 Å². The SMILES string of the molecule is CC.CCCNC(=S)OCCC. The fourth-order valence-corrected chi connectivity index (χ4v) is 0.658. The zero-order valence-corrected chi connectivity index (χ0v) is 9.46. The van der Waals surface area contributed by atoms with Crippen LogP contribution in [-0.2, 0) is 4.74 Å².